The Labute approximate surface area is 187 Å². The molecule has 1 aromatic heterocycles. The third-order valence-corrected chi connectivity index (χ3v) is 5.26. The van der Waals surface area contributed by atoms with Crippen LogP contribution < -0.4 is 10.1 Å². The van der Waals surface area contributed by atoms with E-state index in [9.17, 15) is 10.2 Å². The number of benzene rings is 1. The van der Waals surface area contributed by atoms with Gasteiger partial charge in [-0.05, 0) is 71.1 Å². The van der Waals surface area contributed by atoms with Gasteiger partial charge >= 0.3 is 0 Å². The van der Waals surface area contributed by atoms with Crippen LogP contribution in [0.5, 0.6) is 11.5 Å². The van der Waals surface area contributed by atoms with Crippen LogP contribution in [0.4, 0.5) is 0 Å². The molecule has 0 atom stereocenters. The summed E-state index contributed by atoms with van der Waals surface area (Å²) >= 11 is 0. The molecule has 0 saturated heterocycles. The number of aromatic hydroxyl groups is 1. The summed E-state index contributed by atoms with van der Waals surface area (Å²) in [6.07, 6.45) is 5.08. The zero-order chi connectivity index (χ0) is 22.6. The fourth-order valence-corrected chi connectivity index (χ4v) is 3.62. The number of aliphatic hydroxyl groups is 1. The number of rotatable bonds is 14. The Balaban J connectivity index is 2.14. The molecule has 0 fully saturated rings. The van der Waals surface area contributed by atoms with Crippen LogP contribution in [0.3, 0.4) is 0 Å². The molecular formula is C25H39N3O3. The molecule has 0 saturated carbocycles. The molecule has 172 valence electrons. The Kier molecular flexibility index (Phi) is 10.8. The summed E-state index contributed by atoms with van der Waals surface area (Å²) in [5.74, 6) is 1.04. The van der Waals surface area contributed by atoms with Crippen molar-refractivity contribution in [3.05, 3.63) is 52.3 Å². The smallest absolute Gasteiger partial charge is 0.145 e. The van der Waals surface area contributed by atoms with Gasteiger partial charge in [-0.3, -0.25) is 4.98 Å². The van der Waals surface area contributed by atoms with Crippen molar-refractivity contribution in [1.29, 1.82) is 0 Å². The van der Waals surface area contributed by atoms with Crippen molar-refractivity contribution >= 4 is 0 Å². The van der Waals surface area contributed by atoms with Crippen LogP contribution in [0.15, 0.2) is 24.3 Å². The van der Waals surface area contributed by atoms with E-state index in [0.29, 0.717) is 19.6 Å². The lowest BCUT2D eigenvalue weighted by Crippen LogP contribution is -2.19. The van der Waals surface area contributed by atoms with Crippen molar-refractivity contribution in [2.75, 3.05) is 33.8 Å². The summed E-state index contributed by atoms with van der Waals surface area (Å²) in [5.41, 5.74) is 4.59. The Hall–Kier alpha value is -2.15. The van der Waals surface area contributed by atoms with Crippen molar-refractivity contribution < 1.29 is 14.9 Å². The van der Waals surface area contributed by atoms with Gasteiger partial charge in [-0.15, -0.1) is 0 Å². The van der Waals surface area contributed by atoms with Crippen LogP contribution in [-0.4, -0.2) is 53.9 Å². The molecule has 1 heterocycles. The molecule has 0 bridgehead atoms. The predicted molar refractivity (Wildman–Crippen MR) is 126 cm³/mol. The van der Waals surface area contributed by atoms with E-state index >= 15 is 0 Å². The monoisotopic (exact) mass is 429 g/mol. The molecule has 0 aliphatic rings. The van der Waals surface area contributed by atoms with Crippen molar-refractivity contribution in [2.24, 2.45) is 0 Å². The maximum atomic E-state index is 10.2. The number of aliphatic hydroxyl groups excluding tert-OH is 1. The Morgan fingerprint density at radius 2 is 1.74 bits per heavy atom. The first-order valence-electron chi connectivity index (χ1n) is 11.3. The highest BCUT2D eigenvalue weighted by molar-refractivity contribution is 5.46. The topological polar surface area (TPSA) is 77.8 Å². The van der Waals surface area contributed by atoms with Gasteiger partial charge in [0.05, 0.1) is 24.6 Å². The maximum Gasteiger partial charge on any atom is 0.145 e. The third-order valence-electron chi connectivity index (χ3n) is 5.26. The van der Waals surface area contributed by atoms with Crippen molar-refractivity contribution in [1.82, 2.24) is 15.2 Å². The number of nitrogens with zero attached hydrogens (tertiary/aromatic N) is 2. The second-order valence-electron chi connectivity index (χ2n) is 8.33. The lowest BCUT2D eigenvalue weighted by Gasteiger charge is -2.22. The summed E-state index contributed by atoms with van der Waals surface area (Å²) in [6.45, 7) is 7.50. The van der Waals surface area contributed by atoms with Gasteiger partial charge in [0.15, 0.2) is 0 Å². The highest BCUT2D eigenvalue weighted by Crippen LogP contribution is 2.30. The molecule has 2 rings (SSSR count). The van der Waals surface area contributed by atoms with Crippen LogP contribution in [0.1, 0.15) is 60.7 Å². The Bertz CT molecular complexity index is 792. The van der Waals surface area contributed by atoms with E-state index in [0.717, 1.165) is 59.8 Å². The normalized spacial score (nSPS) is 11.3. The average Bonchev–Trinajstić information content (AvgIpc) is 2.73. The number of phenols is 1. The van der Waals surface area contributed by atoms with Gasteiger partial charge in [-0.25, -0.2) is 0 Å². The minimum absolute atomic E-state index is 0.0818. The first kappa shape index (κ1) is 25.1. The molecule has 0 aliphatic heterocycles. The molecule has 0 radical (unpaired) electrons. The van der Waals surface area contributed by atoms with E-state index in [1.807, 2.05) is 33.2 Å². The number of phenolic OH excluding ortho intramolecular Hbond substituents is 1. The van der Waals surface area contributed by atoms with E-state index in [1.165, 1.54) is 12.8 Å². The van der Waals surface area contributed by atoms with Gasteiger partial charge in [0.1, 0.15) is 11.5 Å². The van der Waals surface area contributed by atoms with Gasteiger partial charge in [0, 0.05) is 24.1 Å². The lowest BCUT2D eigenvalue weighted by molar-refractivity contribution is 0.266. The van der Waals surface area contributed by atoms with Crippen LogP contribution in [0.25, 0.3) is 0 Å². The number of ether oxygens (including phenoxy) is 1. The quantitative estimate of drug-likeness (QED) is 0.397. The van der Waals surface area contributed by atoms with E-state index < -0.39 is 0 Å². The third kappa shape index (κ3) is 8.13. The maximum absolute atomic E-state index is 10.2. The minimum atomic E-state index is -0.0818. The van der Waals surface area contributed by atoms with Crippen LogP contribution >= 0.6 is 0 Å². The van der Waals surface area contributed by atoms with Crippen LogP contribution in [0.2, 0.25) is 0 Å². The van der Waals surface area contributed by atoms with Crippen molar-refractivity contribution in [2.45, 2.75) is 59.1 Å². The molecule has 0 spiro atoms. The lowest BCUT2D eigenvalue weighted by atomic mass is 9.99. The standard InChI is InChI=1S/C25H39N3O3/c1-5-6-13-26-14-7-8-15-31-25-19(2)27-24(16-20-9-11-21(30)12-10-20)23(18-29)22(25)17-28(3)4/h9-12,26,29-30H,5-8,13-18H2,1-4H3. The van der Waals surface area contributed by atoms with Crippen LogP contribution in [0, 0.1) is 6.92 Å². The predicted octanol–water partition coefficient (Wildman–Crippen LogP) is 3.79. The fraction of sp³-hybridized carbons (Fsp3) is 0.560. The molecule has 3 N–H and O–H groups in total. The second-order valence-corrected chi connectivity index (χ2v) is 8.33. The molecular weight excluding hydrogens is 390 g/mol. The second kappa shape index (κ2) is 13.3. The van der Waals surface area contributed by atoms with Gasteiger partial charge in [-0.1, -0.05) is 25.5 Å². The summed E-state index contributed by atoms with van der Waals surface area (Å²) in [5, 5.41) is 23.2. The van der Waals surface area contributed by atoms with Gasteiger partial charge in [0.25, 0.3) is 0 Å². The average molecular weight is 430 g/mol. The number of aromatic nitrogens is 1. The van der Waals surface area contributed by atoms with E-state index in [4.69, 9.17) is 9.72 Å². The zero-order valence-electron chi connectivity index (χ0n) is 19.6. The number of nitrogens with one attached hydrogen (secondary N) is 1. The molecule has 6 nitrogen and oxygen atoms in total. The highest BCUT2D eigenvalue weighted by Gasteiger charge is 2.19. The van der Waals surface area contributed by atoms with Gasteiger partial charge < -0.3 is 25.2 Å². The first-order chi connectivity index (χ1) is 15.0. The van der Waals surface area contributed by atoms with Gasteiger partial charge in [-0.2, -0.15) is 0 Å². The van der Waals surface area contributed by atoms with Crippen molar-refractivity contribution in [3.63, 3.8) is 0 Å². The molecule has 2 aromatic rings. The molecule has 31 heavy (non-hydrogen) atoms. The van der Waals surface area contributed by atoms with E-state index in [-0.39, 0.29) is 12.4 Å². The fourth-order valence-electron chi connectivity index (χ4n) is 3.62. The summed E-state index contributed by atoms with van der Waals surface area (Å²) < 4.78 is 6.20. The van der Waals surface area contributed by atoms with Gasteiger partial charge in [0.2, 0.25) is 0 Å². The zero-order valence-corrected chi connectivity index (χ0v) is 19.6. The minimum Gasteiger partial charge on any atom is -0.508 e. The van der Waals surface area contributed by atoms with Crippen LogP contribution in [-0.2, 0) is 19.6 Å². The molecule has 0 unspecified atom stereocenters. The first-order valence-corrected chi connectivity index (χ1v) is 11.3. The summed E-state index contributed by atoms with van der Waals surface area (Å²) in [4.78, 5) is 6.89. The van der Waals surface area contributed by atoms with E-state index in [2.05, 4.69) is 17.1 Å². The summed E-state index contributed by atoms with van der Waals surface area (Å²) in [7, 11) is 4.03. The Morgan fingerprint density at radius 3 is 2.39 bits per heavy atom. The number of pyridine rings is 1. The highest BCUT2D eigenvalue weighted by atomic mass is 16.5. The number of hydrogen-bond acceptors (Lipinski definition) is 6. The number of aryl methyl sites for hydroxylation is 1. The summed E-state index contributed by atoms with van der Waals surface area (Å²) in [6, 6.07) is 7.13. The van der Waals surface area contributed by atoms with E-state index in [1.54, 1.807) is 12.1 Å². The molecule has 0 aliphatic carbocycles. The molecule has 0 amide bonds. The largest absolute Gasteiger partial charge is 0.508 e. The Morgan fingerprint density at radius 1 is 1.03 bits per heavy atom. The molecule has 6 heteroatoms. The SMILES string of the molecule is CCCCNCCCCOc1c(C)nc(Cc2ccc(O)cc2)c(CO)c1CN(C)C. The van der Waals surface area contributed by atoms with Crippen molar-refractivity contribution in [3.8, 4) is 11.5 Å². The number of hydrogen-bond donors (Lipinski definition) is 3. The number of unbranched alkanes of at least 4 members (excludes halogenated alkanes) is 2. The molecule has 1 aromatic carbocycles.